The number of rotatable bonds is 5. The van der Waals surface area contributed by atoms with Gasteiger partial charge < -0.3 is 10.6 Å². The smallest absolute Gasteiger partial charge is 0.255 e. The van der Waals surface area contributed by atoms with Gasteiger partial charge in [0.05, 0.1) is 0 Å². The molecule has 0 saturated carbocycles. The molecule has 1 aromatic carbocycles. The maximum Gasteiger partial charge on any atom is 0.255 e. The molecule has 156 valence electrons. The number of fused-ring (bicyclic) bond motifs is 1. The van der Waals surface area contributed by atoms with Crippen molar-refractivity contribution in [2.45, 2.75) is 64.2 Å². The Kier molecular flexibility index (Phi) is 5.69. The first-order chi connectivity index (χ1) is 13.9. The molecule has 0 aliphatic carbocycles. The number of carbonyl (C=O) groups is 3. The molecule has 3 N–H and O–H groups in total. The fourth-order valence-electron chi connectivity index (χ4n) is 4.86. The van der Waals surface area contributed by atoms with Gasteiger partial charge in [-0.25, -0.2) is 0 Å². The number of nitrogens with two attached hydrogens (primary N) is 1. The van der Waals surface area contributed by atoms with E-state index in [1.165, 1.54) is 12.8 Å². The van der Waals surface area contributed by atoms with Gasteiger partial charge in [-0.05, 0) is 68.8 Å². The van der Waals surface area contributed by atoms with Gasteiger partial charge in [-0.1, -0.05) is 12.1 Å². The first kappa shape index (κ1) is 20.0. The highest BCUT2D eigenvalue weighted by atomic mass is 16.2. The van der Waals surface area contributed by atoms with Crippen LogP contribution in [0, 0.1) is 5.92 Å². The van der Waals surface area contributed by atoms with Crippen LogP contribution in [0.3, 0.4) is 0 Å². The van der Waals surface area contributed by atoms with E-state index in [0.717, 1.165) is 43.1 Å². The highest BCUT2D eigenvalue weighted by molar-refractivity contribution is 6.05. The number of piperidine rings is 2. The van der Waals surface area contributed by atoms with Crippen LogP contribution >= 0.6 is 0 Å². The molecule has 7 nitrogen and oxygen atoms in total. The summed E-state index contributed by atoms with van der Waals surface area (Å²) < 4.78 is 0. The number of nitrogens with zero attached hydrogens (tertiary/aromatic N) is 2. The zero-order chi connectivity index (χ0) is 20.5. The van der Waals surface area contributed by atoms with Gasteiger partial charge in [0.1, 0.15) is 6.04 Å². The zero-order valence-electron chi connectivity index (χ0n) is 17.0. The van der Waals surface area contributed by atoms with Crippen molar-refractivity contribution in [2.75, 3.05) is 13.1 Å². The summed E-state index contributed by atoms with van der Waals surface area (Å²) in [5.74, 6) is -0.0124. The van der Waals surface area contributed by atoms with Crippen LogP contribution < -0.4 is 11.1 Å². The van der Waals surface area contributed by atoms with Crippen molar-refractivity contribution in [1.29, 1.82) is 0 Å². The summed E-state index contributed by atoms with van der Waals surface area (Å²) in [6, 6.07) is 5.80. The van der Waals surface area contributed by atoms with E-state index < -0.39 is 6.04 Å². The summed E-state index contributed by atoms with van der Waals surface area (Å²) in [7, 11) is 0. The molecule has 29 heavy (non-hydrogen) atoms. The SMILES string of the molecule is CC(N)CC1CCN(Cc2ccc3c(c2)C(=O)N(C2CCC(=O)NC2=O)C3)CC1. The van der Waals surface area contributed by atoms with E-state index in [-0.39, 0.29) is 30.2 Å². The Morgan fingerprint density at radius 1 is 1.17 bits per heavy atom. The molecule has 0 radical (unpaired) electrons. The average molecular weight is 399 g/mol. The van der Waals surface area contributed by atoms with E-state index in [2.05, 4.69) is 23.2 Å². The third kappa shape index (κ3) is 4.36. The summed E-state index contributed by atoms with van der Waals surface area (Å²) >= 11 is 0. The van der Waals surface area contributed by atoms with Crippen LogP contribution in [0.2, 0.25) is 0 Å². The molecule has 3 heterocycles. The van der Waals surface area contributed by atoms with Gasteiger partial charge in [0.15, 0.2) is 0 Å². The molecular formula is C22H30N4O3. The molecule has 2 saturated heterocycles. The van der Waals surface area contributed by atoms with Gasteiger partial charge in [-0.3, -0.25) is 24.6 Å². The summed E-state index contributed by atoms with van der Waals surface area (Å²) in [5, 5.41) is 2.35. The van der Waals surface area contributed by atoms with Crippen LogP contribution in [-0.4, -0.2) is 52.7 Å². The number of benzene rings is 1. The van der Waals surface area contributed by atoms with Crippen molar-refractivity contribution in [1.82, 2.24) is 15.1 Å². The number of amides is 3. The number of imide groups is 1. The van der Waals surface area contributed by atoms with E-state index in [0.29, 0.717) is 18.5 Å². The summed E-state index contributed by atoms with van der Waals surface area (Å²) in [4.78, 5) is 40.6. The van der Waals surface area contributed by atoms with E-state index in [1.54, 1.807) is 4.90 Å². The Morgan fingerprint density at radius 2 is 1.93 bits per heavy atom. The van der Waals surface area contributed by atoms with E-state index >= 15 is 0 Å². The Bertz CT molecular complexity index is 814. The highest BCUT2D eigenvalue weighted by Gasteiger charge is 2.39. The Hall–Kier alpha value is -2.25. The van der Waals surface area contributed by atoms with Crippen LogP contribution in [0.4, 0.5) is 0 Å². The number of nitrogens with one attached hydrogen (secondary N) is 1. The first-order valence-corrected chi connectivity index (χ1v) is 10.6. The highest BCUT2D eigenvalue weighted by Crippen LogP contribution is 2.29. The van der Waals surface area contributed by atoms with E-state index in [4.69, 9.17) is 5.73 Å². The van der Waals surface area contributed by atoms with Crippen molar-refractivity contribution in [3.8, 4) is 0 Å². The molecule has 0 bridgehead atoms. The predicted octanol–water partition coefficient (Wildman–Crippen LogP) is 1.40. The minimum atomic E-state index is -0.556. The van der Waals surface area contributed by atoms with E-state index in [9.17, 15) is 14.4 Å². The second-order valence-corrected chi connectivity index (χ2v) is 8.82. The average Bonchev–Trinajstić information content (AvgIpc) is 2.99. The Morgan fingerprint density at radius 3 is 2.62 bits per heavy atom. The van der Waals surface area contributed by atoms with Crippen LogP contribution in [0.5, 0.6) is 0 Å². The largest absolute Gasteiger partial charge is 0.328 e. The van der Waals surface area contributed by atoms with Crippen LogP contribution in [-0.2, 0) is 22.7 Å². The van der Waals surface area contributed by atoms with Gasteiger partial charge in [0, 0.05) is 31.1 Å². The number of hydrogen-bond donors (Lipinski definition) is 2. The van der Waals surface area contributed by atoms with Crippen molar-refractivity contribution in [3.63, 3.8) is 0 Å². The molecule has 1 aromatic rings. The summed E-state index contributed by atoms with van der Waals surface area (Å²) in [6.07, 6.45) is 4.12. The quantitative estimate of drug-likeness (QED) is 0.731. The molecule has 3 aliphatic heterocycles. The first-order valence-electron chi connectivity index (χ1n) is 10.6. The normalized spacial score (nSPS) is 24.6. The van der Waals surface area contributed by atoms with Crippen LogP contribution in [0.15, 0.2) is 18.2 Å². The molecule has 7 heteroatoms. The molecule has 0 aromatic heterocycles. The molecule has 0 spiro atoms. The maximum atomic E-state index is 12.9. The van der Waals surface area contributed by atoms with E-state index in [1.807, 2.05) is 12.1 Å². The Labute approximate surface area is 171 Å². The Balaban J connectivity index is 1.38. The maximum absolute atomic E-state index is 12.9. The van der Waals surface area contributed by atoms with Crippen LogP contribution in [0.1, 0.15) is 60.5 Å². The summed E-state index contributed by atoms with van der Waals surface area (Å²) in [6.45, 7) is 5.47. The topological polar surface area (TPSA) is 95.7 Å². The van der Waals surface area contributed by atoms with Gasteiger partial charge in [0.2, 0.25) is 11.8 Å². The van der Waals surface area contributed by atoms with Crippen molar-refractivity contribution < 1.29 is 14.4 Å². The van der Waals surface area contributed by atoms with Crippen molar-refractivity contribution >= 4 is 17.7 Å². The molecule has 2 atom stereocenters. The summed E-state index contributed by atoms with van der Waals surface area (Å²) in [5.41, 5.74) is 8.72. The molecule has 3 amide bonds. The lowest BCUT2D eigenvalue weighted by atomic mass is 9.90. The third-order valence-electron chi connectivity index (χ3n) is 6.41. The molecular weight excluding hydrogens is 368 g/mol. The lowest BCUT2D eigenvalue weighted by Crippen LogP contribution is -2.52. The molecule has 2 unspecified atom stereocenters. The van der Waals surface area contributed by atoms with Crippen LogP contribution in [0.25, 0.3) is 0 Å². The standard InChI is InChI=1S/C22H30N4O3/c1-14(23)10-15-6-8-25(9-7-15)12-16-2-3-17-13-26(22(29)18(17)11-16)19-4-5-20(27)24-21(19)28/h2-3,11,14-15,19H,4-10,12-13,23H2,1H3,(H,24,27,28). The van der Waals surface area contributed by atoms with Crippen molar-refractivity contribution in [2.24, 2.45) is 11.7 Å². The minimum absolute atomic E-state index is 0.105. The number of carbonyl (C=O) groups excluding carboxylic acids is 3. The molecule has 4 rings (SSSR count). The lowest BCUT2D eigenvalue weighted by Gasteiger charge is -2.32. The van der Waals surface area contributed by atoms with Gasteiger partial charge in [0.25, 0.3) is 5.91 Å². The minimum Gasteiger partial charge on any atom is -0.328 e. The fraction of sp³-hybridized carbons (Fsp3) is 0.591. The van der Waals surface area contributed by atoms with Gasteiger partial charge >= 0.3 is 0 Å². The third-order valence-corrected chi connectivity index (χ3v) is 6.41. The van der Waals surface area contributed by atoms with Gasteiger partial charge in [-0.15, -0.1) is 0 Å². The fourth-order valence-corrected chi connectivity index (χ4v) is 4.86. The number of hydrogen-bond acceptors (Lipinski definition) is 5. The van der Waals surface area contributed by atoms with Crippen molar-refractivity contribution in [3.05, 3.63) is 34.9 Å². The molecule has 3 aliphatic rings. The number of likely N-dealkylation sites (tertiary alicyclic amines) is 1. The van der Waals surface area contributed by atoms with Gasteiger partial charge in [-0.2, -0.15) is 0 Å². The monoisotopic (exact) mass is 398 g/mol. The zero-order valence-corrected chi connectivity index (χ0v) is 17.0. The second kappa shape index (κ2) is 8.24. The predicted molar refractivity (Wildman–Crippen MR) is 109 cm³/mol. The lowest BCUT2D eigenvalue weighted by molar-refractivity contribution is -0.136. The molecule has 2 fully saturated rings. The second-order valence-electron chi connectivity index (χ2n) is 8.82.